The molecule has 21 heavy (non-hydrogen) atoms. The summed E-state index contributed by atoms with van der Waals surface area (Å²) in [6, 6.07) is 10.8. The standard InChI is InChI=1S/C16H13BrClFO2/c17-14-10-12(18)5-8-16(14)21-9-1-2-15(20)11-3-6-13(19)7-4-11/h3-8,10H,1-2,9H2. The number of Topliss-reactive ketones (excluding diaryl/α,β-unsaturated/α-hetero) is 1. The lowest BCUT2D eigenvalue weighted by molar-refractivity contribution is 0.0973. The van der Waals surface area contributed by atoms with E-state index in [2.05, 4.69) is 15.9 Å². The van der Waals surface area contributed by atoms with Crippen LogP contribution in [-0.2, 0) is 0 Å². The summed E-state index contributed by atoms with van der Waals surface area (Å²) in [6.07, 6.45) is 0.947. The maximum absolute atomic E-state index is 12.8. The Kier molecular flexibility index (Phi) is 5.76. The van der Waals surface area contributed by atoms with E-state index in [1.54, 1.807) is 18.2 Å². The van der Waals surface area contributed by atoms with Gasteiger partial charge in [0.25, 0.3) is 0 Å². The molecule has 0 spiro atoms. The first kappa shape index (κ1) is 16.0. The molecule has 5 heteroatoms. The van der Waals surface area contributed by atoms with E-state index in [0.29, 0.717) is 35.8 Å². The molecule has 0 heterocycles. The Bertz CT molecular complexity index is 629. The zero-order chi connectivity index (χ0) is 15.2. The number of rotatable bonds is 6. The zero-order valence-corrected chi connectivity index (χ0v) is 13.5. The molecular formula is C16H13BrClFO2. The van der Waals surface area contributed by atoms with E-state index in [4.69, 9.17) is 16.3 Å². The van der Waals surface area contributed by atoms with Crippen LogP contribution in [0, 0.1) is 5.82 Å². The van der Waals surface area contributed by atoms with Crippen molar-refractivity contribution in [2.24, 2.45) is 0 Å². The highest BCUT2D eigenvalue weighted by Gasteiger charge is 2.07. The molecule has 0 aliphatic carbocycles. The number of carbonyl (C=O) groups is 1. The zero-order valence-electron chi connectivity index (χ0n) is 11.1. The third kappa shape index (κ3) is 4.83. The Morgan fingerprint density at radius 1 is 1.19 bits per heavy atom. The predicted octanol–water partition coefficient (Wildman–Crippen LogP) is 5.28. The third-order valence-corrected chi connectivity index (χ3v) is 3.72. The van der Waals surface area contributed by atoms with Crippen LogP contribution in [0.4, 0.5) is 4.39 Å². The largest absolute Gasteiger partial charge is 0.492 e. The van der Waals surface area contributed by atoms with Crippen LogP contribution in [0.1, 0.15) is 23.2 Å². The van der Waals surface area contributed by atoms with Crippen molar-refractivity contribution in [3.05, 3.63) is 63.3 Å². The minimum atomic E-state index is -0.345. The van der Waals surface area contributed by atoms with Crippen LogP contribution < -0.4 is 4.74 Å². The molecule has 0 saturated carbocycles. The molecule has 0 aromatic heterocycles. The normalized spacial score (nSPS) is 10.4. The Morgan fingerprint density at radius 3 is 2.57 bits per heavy atom. The van der Waals surface area contributed by atoms with Crippen molar-refractivity contribution < 1.29 is 13.9 Å². The van der Waals surface area contributed by atoms with Crippen molar-refractivity contribution in [3.8, 4) is 5.75 Å². The summed E-state index contributed by atoms with van der Waals surface area (Å²) < 4.78 is 19.1. The van der Waals surface area contributed by atoms with Gasteiger partial charge in [-0.3, -0.25) is 4.79 Å². The van der Waals surface area contributed by atoms with Gasteiger partial charge in [0.2, 0.25) is 0 Å². The number of carbonyl (C=O) groups excluding carboxylic acids is 1. The van der Waals surface area contributed by atoms with Gasteiger partial charge < -0.3 is 4.74 Å². The maximum Gasteiger partial charge on any atom is 0.163 e. The molecule has 0 amide bonds. The number of ether oxygens (including phenoxy) is 1. The molecule has 0 saturated heterocycles. The quantitative estimate of drug-likeness (QED) is 0.510. The minimum absolute atomic E-state index is 0.0197. The highest BCUT2D eigenvalue weighted by Crippen LogP contribution is 2.28. The van der Waals surface area contributed by atoms with E-state index >= 15 is 0 Å². The molecular weight excluding hydrogens is 359 g/mol. The Morgan fingerprint density at radius 2 is 1.90 bits per heavy atom. The third-order valence-electron chi connectivity index (χ3n) is 2.87. The molecule has 2 aromatic rings. The summed E-state index contributed by atoms with van der Waals surface area (Å²) in [5.41, 5.74) is 0.518. The van der Waals surface area contributed by atoms with Gasteiger partial charge in [-0.1, -0.05) is 11.6 Å². The Hall–Kier alpha value is -1.39. The smallest absolute Gasteiger partial charge is 0.163 e. The van der Waals surface area contributed by atoms with Crippen molar-refractivity contribution in [2.45, 2.75) is 12.8 Å². The fraction of sp³-hybridized carbons (Fsp3) is 0.188. The van der Waals surface area contributed by atoms with Crippen molar-refractivity contribution in [2.75, 3.05) is 6.61 Å². The molecule has 110 valence electrons. The number of halogens is 3. The van der Waals surface area contributed by atoms with Gasteiger partial charge in [-0.15, -0.1) is 0 Å². The average Bonchev–Trinajstić information content (AvgIpc) is 2.46. The molecule has 2 aromatic carbocycles. The van der Waals surface area contributed by atoms with Crippen LogP contribution in [0.3, 0.4) is 0 Å². The van der Waals surface area contributed by atoms with Crippen LogP contribution in [0.5, 0.6) is 5.75 Å². The van der Waals surface area contributed by atoms with E-state index < -0.39 is 0 Å². The van der Waals surface area contributed by atoms with E-state index in [9.17, 15) is 9.18 Å². The SMILES string of the molecule is O=C(CCCOc1ccc(Cl)cc1Br)c1ccc(F)cc1. The molecule has 0 aliphatic rings. The molecule has 0 atom stereocenters. The lowest BCUT2D eigenvalue weighted by Gasteiger charge is -2.08. The first-order chi connectivity index (χ1) is 10.1. The second-order valence-corrected chi connectivity index (χ2v) is 5.75. The van der Waals surface area contributed by atoms with Crippen LogP contribution in [0.15, 0.2) is 46.9 Å². The van der Waals surface area contributed by atoms with E-state index in [-0.39, 0.29) is 11.6 Å². The number of benzene rings is 2. The van der Waals surface area contributed by atoms with E-state index in [0.717, 1.165) is 4.47 Å². The van der Waals surface area contributed by atoms with Gasteiger partial charge in [0.1, 0.15) is 11.6 Å². The fourth-order valence-corrected chi connectivity index (χ4v) is 2.58. The summed E-state index contributed by atoms with van der Waals surface area (Å²) in [7, 11) is 0. The number of hydrogen-bond acceptors (Lipinski definition) is 2. The summed E-state index contributed by atoms with van der Waals surface area (Å²) >= 11 is 9.20. The van der Waals surface area contributed by atoms with Gasteiger partial charge in [0, 0.05) is 17.0 Å². The average molecular weight is 372 g/mol. The molecule has 0 bridgehead atoms. The summed E-state index contributed by atoms with van der Waals surface area (Å²) in [5.74, 6) is 0.324. The topological polar surface area (TPSA) is 26.3 Å². The Labute approximate surface area is 136 Å². The second-order valence-electron chi connectivity index (χ2n) is 4.46. The summed E-state index contributed by atoms with van der Waals surface area (Å²) in [6.45, 7) is 0.424. The number of ketones is 1. The van der Waals surface area contributed by atoms with Crippen molar-refractivity contribution in [1.82, 2.24) is 0 Å². The van der Waals surface area contributed by atoms with Crippen LogP contribution >= 0.6 is 27.5 Å². The van der Waals surface area contributed by atoms with Crippen molar-refractivity contribution in [3.63, 3.8) is 0 Å². The van der Waals surface area contributed by atoms with E-state index in [1.165, 1.54) is 24.3 Å². The first-order valence-corrected chi connectivity index (χ1v) is 7.60. The van der Waals surface area contributed by atoms with Gasteiger partial charge in [0.05, 0.1) is 11.1 Å². The molecule has 0 aliphatic heterocycles. The van der Waals surface area contributed by atoms with Gasteiger partial charge in [0.15, 0.2) is 5.78 Å². The fourth-order valence-electron chi connectivity index (χ4n) is 1.79. The van der Waals surface area contributed by atoms with Crippen LogP contribution in [0.2, 0.25) is 5.02 Å². The van der Waals surface area contributed by atoms with Gasteiger partial charge in [-0.25, -0.2) is 4.39 Å². The van der Waals surface area contributed by atoms with Crippen LogP contribution in [0.25, 0.3) is 0 Å². The molecule has 0 fully saturated rings. The number of hydrogen-bond donors (Lipinski definition) is 0. The molecule has 0 N–H and O–H groups in total. The highest BCUT2D eigenvalue weighted by molar-refractivity contribution is 9.10. The molecule has 2 rings (SSSR count). The van der Waals surface area contributed by atoms with Gasteiger partial charge in [-0.2, -0.15) is 0 Å². The summed E-state index contributed by atoms with van der Waals surface area (Å²) in [4.78, 5) is 11.9. The highest BCUT2D eigenvalue weighted by atomic mass is 79.9. The summed E-state index contributed by atoms with van der Waals surface area (Å²) in [5, 5.41) is 0.626. The van der Waals surface area contributed by atoms with Crippen molar-refractivity contribution >= 4 is 33.3 Å². The van der Waals surface area contributed by atoms with Crippen molar-refractivity contribution in [1.29, 1.82) is 0 Å². The monoisotopic (exact) mass is 370 g/mol. The molecule has 0 unspecified atom stereocenters. The molecule has 0 radical (unpaired) electrons. The lowest BCUT2D eigenvalue weighted by atomic mass is 10.1. The van der Waals surface area contributed by atoms with Gasteiger partial charge >= 0.3 is 0 Å². The predicted molar refractivity (Wildman–Crippen MR) is 84.6 cm³/mol. The first-order valence-electron chi connectivity index (χ1n) is 6.43. The van der Waals surface area contributed by atoms with E-state index in [1.807, 2.05) is 0 Å². The maximum atomic E-state index is 12.8. The molecule has 2 nitrogen and oxygen atoms in total. The minimum Gasteiger partial charge on any atom is -0.492 e. The Balaban J connectivity index is 1.79. The lowest BCUT2D eigenvalue weighted by Crippen LogP contribution is -2.04. The second kappa shape index (κ2) is 7.57. The van der Waals surface area contributed by atoms with Gasteiger partial charge in [-0.05, 0) is 64.8 Å². The van der Waals surface area contributed by atoms with Crippen LogP contribution in [-0.4, -0.2) is 12.4 Å².